The molecule has 2 heterocycles. The number of hydrogen-bond acceptors (Lipinski definition) is 4. The first kappa shape index (κ1) is 13.8. The van der Waals surface area contributed by atoms with E-state index in [-0.39, 0.29) is 12.3 Å². The molecule has 7 heteroatoms. The summed E-state index contributed by atoms with van der Waals surface area (Å²) in [6.07, 6.45) is 1.51. The van der Waals surface area contributed by atoms with Crippen molar-refractivity contribution < 1.29 is 14.3 Å². The van der Waals surface area contributed by atoms with Crippen LogP contribution in [0, 0.1) is 4.91 Å². The number of aromatic nitrogens is 2. The van der Waals surface area contributed by atoms with Crippen molar-refractivity contribution in [2.45, 2.75) is 19.9 Å². The Bertz CT molecular complexity index is 754. The van der Waals surface area contributed by atoms with Crippen molar-refractivity contribution in [2.24, 2.45) is 0 Å². The lowest BCUT2D eigenvalue weighted by molar-refractivity contribution is -0.511. The van der Waals surface area contributed by atoms with Gasteiger partial charge in [-0.15, -0.1) is 0 Å². The monoisotopic (exact) mass is 306 g/mol. The number of fused-ring (bicyclic) bond motifs is 3. The smallest absolute Gasteiger partial charge is 0.359 e. The van der Waals surface area contributed by atoms with E-state index in [9.17, 15) is 9.70 Å². The van der Waals surface area contributed by atoms with Gasteiger partial charge in [0, 0.05) is 16.6 Å². The van der Waals surface area contributed by atoms with Crippen molar-refractivity contribution in [3.8, 4) is 5.69 Å². The highest BCUT2D eigenvalue weighted by Gasteiger charge is 2.42. The number of carbonyl (C=O) groups excluding carboxylic acids is 1. The third kappa shape index (κ3) is 1.94. The minimum atomic E-state index is -0.584. The molecule has 1 unspecified atom stereocenters. The Balaban J connectivity index is 2.24. The summed E-state index contributed by atoms with van der Waals surface area (Å²) in [6, 6.07) is 4.59. The molecule has 0 amide bonds. The lowest BCUT2D eigenvalue weighted by Gasteiger charge is -2.17. The van der Waals surface area contributed by atoms with Crippen LogP contribution in [0.5, 0.6) is 0 Å². The fourth-order valence-corrected chi connectivity index (χ4v) is 2.78. The van der Waals surface area contributed by atoms with Gasteiger partial charge >= 0.3 is 5.97 Å². The fraction of sp³-hybridized carbons (Fsp3) is 0.286. The molecule has 0 aliphatic carbocycles. The first-order chi connectivity index (χ1) is 10.1. The van der Waals surface area contributed by atoms with Crippen molar-refractivity contribution in [1.82, 2.24) is 9.55 Å². The lowest BCUT2D eigenvalue weighted by atomic mass is 10.1. The van der Waals surface area contributed by atoms with Crippen molar-refractivity contribution in [3.05, 3.63) is 45.8 Å². The summed E-state index contributed by atoms with van der Waals surface area (Å²) < 4.78 is 7.50. The number of imidazole rings is 1. The summed E-state index contributed by atoms with van der Waals surface area (Å²) in [6.45, 7) is 3.68. The van der Waals surface area contributed by atoms with Crippen molar-refractivity contribution in [2.75, 3.05) is 6.61 Å². The normalized spacial score (nSPS) is 16.3. The number of ether oxygens (including phenoxy) is 1. The largest absolute Gasteiger partial charge is 0.461 e. The van der Waals surface area contributed by atoms with Gasteiger partial charge in [-0.1, -0.05) is 17.7 Å². The van der Waals surface area contributed by atoms with E-state index < -0.39 is 12.0 Å². The van der Waals surface area contributed by atoms with Crippen LogP contribution in [0.25, 0.3) is 5.69 Å². The van der Waals surface area contributed by atoms with Gasteiger partial charge in [-0.25, -0.2) is 9.78 Å². The molecule has 0 spiro atoms. The summed E-state index contributed by atoms with van der Waals surface area (Å²) in [5, 5.41) is 0.367. The van der Waals surface area contributed by atoms with Gasteiger partial charge in [-0.3, -0.25) is 4.57 Å². The number of nitroso groups, excluding NO2 is 1. The number of nitrogens with zero attached hydrogens (tertiary/aromatic N) is 3. The molecular weight excluding hydrogens is 294 g/mol. The molecule has 6 nitrogen and oxygen atoms in total. The molecule has 0 saturated heterocycles. The predicted molar refractivity (Wildman–Crippen MR) is 76.2 cm³/mol. The highest BCUT2D eigenvalue weighted by atomic mass is 35.5. The van der Waals surface area contributed by atoms with Crippen LogP contribution in [0.15, 0.2) is 24.5 Å². The van der Waals surface area contributed by atoms with Gasteiger partial charge in [0.1, 0.15) is 22.7 Å². The van der Waals surface area contributed by atoms with Crippen molar-refractivity contribution in [1.29, 1.82) is 0 Å². The molecule has 1 aliphatic rings. The van der Waals surface area contributed by atoms with Gasteiger partial charge < -0.3 is 4.74 Å². The van der Waals surface area contributed by atoms with Gasteiger partial charge in [-0.2, -0.15) is 0 Å². The van der Waals surface area contributed by atoms with Gasteiger partial charge in [0.15, 0.2) is 5.69 Å². The van der Waals surface area contributed by atoms with E-state index in [1.165, 1.54) is 6.33 Å². The molecule has 3 rings (SSSR count). The molecule has 108 valence electrons. The molecule has 0 saturated carbocycles. The number of rotatable bonds is 2. The third-order valence-electron chi connectivity index (χ3n) is 3.47. The number of halogens is 1. The van der Waals surface area contributed by atoms with Gasteiger partial charge in [-0.05, 0) is 19.1 Å². The quantitative estimate of drug-likeness (QED) is 0.631. The van der Waals surface area contributed by atoms with Crippen LogP contribution < -0.4 is 0 Å². The topological polar surface area (TPSA) is 64.2 Å². The molecule has 1 atom stereocenters. The van der Waals surface area contributed by atoms with E-state index in [1.54, 1.807) is 36.6 Å². The Kier molecular flexibility index (Phi) is 3.25. The zero-order valence-electron chi connectivity index (χ0n) is 11.5. The van der Waals surface area contributed by atoms with Crippen LogP contribution in [0.1, 0.15) is 36.1 Å². The zero-order valence-corrected chi connectivity index (χ0v) is 12.3. The predicted octanol–water partition coefficient (Wildman–Crippen LogP) is 3.19. The summed E-state index contributed by atoms with van der Waals surface area (Å²) in [7, 11) is 0. The van der Waals surface area contributed by atoms with Crippen LogP contribution in [-0.2, 0) is 4.74 Å². The van der Waals surface area contributed by atoms with E-state index in [0.29, 0.717) is 22.1 Å². The molecule has 0 radical (unpaired) electrons. The number of esters is 1. The Labute approximate surface area is 125 Å². The van der Waals surface area contributed by atoms with E-state index in [1.807, 2.05) is 0 Å². The molecule has 1 aromatic carbocycles. The molecule has 1 aliphatic heterocycles. The van der Waals surface area contributed by atoms with Crippen LogP contribution >= 0.6 is 11.6 Å². The van der Waals surface area contributed by atoms with Gasteiger partial charge in [0.25, 0.3) is 5.69 Å². The zero-order chi connectivity index (χ0) is 15.1. The second-order valence-corrected chi connectivity index (χ2v) is 5.09. The Morgan fingerprint density at radius 2 is 2.29 bits per heavy atom. The molecule has 1 aromatic heterocycles. The number of carbonyl (C=O) groups is 1. The first-order valence-electron chi connectivity index (χ1n) is 6.55. The highest BCUT2D eigenvalue weighted by Crippen LogP contribution is 2.41. The fourth-order valence-electron chi connectivity index (χ4n) is 2.53. The SMILES string of the molecule is CCOC(=O)c1ncn2c1C(C)[N+](=O)c1c(Cl)cccc1-2. The second-order valence-electron chi connectivity index (χ2n) is 4.68. The minimum absolute atomic E-state index is 0.163. The van der Waals surface area contributed by atoms with E-state index in [4.69, 9.17) is 16.3 Å². The number of hydrogen-bond donors (Lipinski definition) is 0. The van der Waals surface area contributed by atoms with Crippen LogP contribution in [-0.4, -0.2) is 26.9 Å². The summed E-state index contributed by atoms with van der Waals surface area (Å²) in [5.74, 6) is -0.531. The van der Waals surface area contributed by atoms with Crippen molar-refractivity contribution >= 4 is 23.3 Å². The summed E-state index contributed by atoms with van der Waals surface area (Å²) >= 11 is 6.12. The molecule has 21 heavy (non-hydrogen) atoms. The van der Waals surface area contributed by atoms with Crippen LogP contribution in [0.4, 0.5) is 5.69 Å². The maximum absolute atomic E-state index is 12.5. The van der Waals surface area contributed by atoms with Crippen molar-refractivity contribution in [3.63, 3.8) is 0 Å². The Morgan fingerprint density at radius 3 is 3.00 bits per heavy atom. The Hall–Kier alpha value is -2.21. The Morgan fingerprint density at radius 1 is 1.52 bits per heavy atom. The van der Waals surface area contributed by atoms with E-state index in [0.717, 1.165) is 4.76 Å². The summed E-state index contributed by atoms with van der Waals surface area (Å²) in [5.41, 5.74) is 1.66. The first-order valence-corrected chi connectivity index (χ1v) is 6.93. The second kappa shape index (κ2) is 4.96. The van der Waals surface area contributed by atoms with Crippen LogP contribution in [0.3, 0.4) is 0 Å². The highest BCUT2D eigenvalue weighted by molar-refractivity contribution is 6.33. The van der Waals surface area contributed by atoms with Gasteiger partial charge in [0.05, 0.1) is 6.61 Å². The maximum Gasteiger partial charge on any atom is 0.359 e. The lowest BCUT2D eigenvalue weighted by Crippen LogP contribution is -2.22. The van der Waals surface area contributed by atoms with Crippen LogP contribution in [0.2, 0.25) is 5.02 Å². The van der Waals surface area contributed by atoms with Gasteiger partial charge in [0.2, 0.25) is 6.04 Å². The summed E-state index contributed by atoms with van der Waals surface area (Å²) in [4.78, 5) is 28.5. The minimum Gasteiger partial charge on any atom is -0.461 e. The number of para-hydroxylation sites is 1. The average molecular weight is 307 g/mol. The van der Waals surface area contributed by atoms with E-state index >= 15 is 0 Å². The molecule has 2 aromatic rings. The molecule has 0 N–H and O–H groups in total. The standard InChI is InChI=1S/C14H13ClN3O3/c1-3-21-14(19)11-12-8(2)18(20)13-9(15)5-4-6-10(13)17(12)7-16-11/h4-8H,3H2,1-2H3/q+1. The maximum atomic E-state index is 12.5. The molecule has 0 fully saturated rings. The third-order valence-corrected chi connectivity index (χ3v) is 3.77. The molecular formula is C14H13ClN3O3+. The van der Waals surface area contributed by atoms with E-state index in [2.05, 4.69) is 4.98 Å². The average Bonchev–Trinajstić information content (AvgIpc) is 2.90. The molecule has 0 bridgehead atoms. The number of benzene rings is 1.